The van der Waals surface area contributed by atoms with Crippen LogP contribution in [0.15, 0.2) is 24.3 Å². The third-order valence-electron chi connectivity index (χ3n) is 3.99. The van der Waals surface area contributed by atoms with Crippen LogP contribution in [-0.2, 0) is 12.8 Å². The molecule has 1 aromatic carbocycles. The van der Waals surface area contributed by atoms with Crippen LogP contribution in [0.25, 0.3) is 0 Å². The topological polar surface area (TPSA) is 12.0 Å². The van der Waals surface area contributed by atoms with Gasteiger partial charge >= 0.3 is 0 Å². The Hall–Kier alpha value is -0.820. The van der Waals surface area contributed by atoms with Gasteiger partial charge in [0.2, 0.25) is 0 Å². The molecule has 0 unspecified atom stereocenters. The lowest BCUT2D eigenvalue weighted by Crippen LogP contribution is -2.22. The van der Waals surface area contributed by atoms with E-state index in [1.165, 1.54) is 36.8 Å². The molecule has 0 bridgehead atoms. The zero-order valence-electron chi connectivity index (χ0n) is 14.1. The first-order valence-corrected chi connectivity index (χ1v) is 8.21. The number of aryl methyl sites for hydroxylation is 1. The maximum Gasteiger partial charge on any atom is -0.00439 e. The SMILES string of the molecule is CCNCCC(C)(C)CCc1ccc(CC(C)C)cc1. The molecule has 1 rings (SSSR count). The van der Waals surface area contributed by atoms with E-state index in [-0.39, 0.29) is 0 Å². The van der Waals surface area contributed by atoms with Crippen molar-refractivity contribution in [3.05, 3.63) is 35.4 Å². The van der Waals surface area contributed by atoms with Gasteiger partial charge in [0.05, 0.1) is 0 Å². The zero-order chi connectivity index (χ0) is 15.0. The van der Waals surface area contributed by atoms with Crippen LogP contribution in [0.4, 0.5) is 0 Å². The lowest BCUT2D eigenvalue weighted by molar-refractivity contribution is 0.303. The molecule has 0 heterocycles. The second-order valence-electron chi connectivity index (χ2n) is 7.18. The zero-order valence-corrected chi connectivity index (χ0v) is 14.1. The second-order valence-corrected chi connectivity index (χ2v) is 7.18. The summed E-state index contributed by atoms with van der Waals surface area (Å²) in [6, 6.07) is 9.25. The van der Waals surface area contributed by atoms with E-state index in [2.05, 4.69) is 64.2 Å². The van der Waals surface area contributed by atoms with Gasteiger partial charge in [-0.25, -0.2) is 0 Å². The molecule has 0 fully saturated rings. The average molecular weight is 275 g/mol. The fourth-order valence-corrected chi connectivity index (χ4v) is 2.52. The van der Waals surface area contributed by atoms with Crippen LogP contribution < -0.4 is 5.32 Å². The van der Waals surface area contributed by atoms with Crippen LogP contribution in [0, 0.1) is 11.3 Å². The van der Waals surface area contributed by atoms with E-state index >= 15 is 0 Å². The lowest BCUT2D eigenvalue weighted by atomic mass is 9.83. The Morgan fingerprint density at radius 3 is 2.15 bits per heavy atom. The Bertz CT molecular complexity index is 362. The molecule has 0 radical (unpaired) electrons. The van der Waals surface area contributed by atoms with Gasteiger partial charge in [0.25, 0.3) is 0 Å². The third-order valence-corrected chi connectivity index (χ3v) is 3.99. The number of hydrogen-bond acceptors (Lipinski definition) is 1. The second kappa shape index (κ2) is 8.46. The highest BCUT2D eigenvalue weighted by molar-refractivity contribution is 5.23. The van der Waals surface area contributed by atoms with Crippen LogP contribution in [0.2, 0.25) is 0 Å². The van der Waals surface area contributed by atoms with Crippen molar-refractivity contribution in [3.63, 3.8) is 0 Å². The first-order chi connectivity index (χ1) is 9.43. The Labute approximate surface area is 126 Å². The maximum absolute atomic E-state index is 3.43. The van der Waals surface area contributed by atoms with Gasteiger partial charge in [-0.2, -0.15) is 0 Å². The predicted octanol–water partition coefficient (Wildman–Crippen LogP) is 4.84. The van der Waals surface area contributed by atoms with Crippen molar-refractivity contribution >= 4 is 0 Å². The monoisotopic (exact) mass is 275 g/mol. The van der Waals surface area contributed by atoms with E-state index in [0.717, 1.165) is 19.0 Å². The Balaban J connectivity index is 2.40. The summed E-state index contributed by atoms with van der Waals surface area (Å²) in [7, 11) is 0. The number of rotatable bonds is 9. The standard InChI is InChI=1S/C19H33N/c1-6-20-14-13-19(4,5)12-11-17-7-9-18(10-8-17)15-16(2)3/h7-10,16,20H,6,11-15H2,1-5H3. The number of nitrogens with one attached hydrogen (secondary N) is 1. The molecule has 0 saturated carbocycles. The molecule has 1 heteroatoms. The van der Waals surface area contributed by atoms with Crippen LogP contribution in [-0.4, -0.2) is 13.1 Å². The molecule has 114 valence electrons. The van der Waals surface area contributed by atoms with E-state index in [0.29, 0.717) is 5.41 Å². The van der Waals surface area contributed by atoms with Crippen molar-refractivity contribution in [1.29, 1.82) is 0 Å². The summed E-state index contributed by atoms with van der Waals surface area (Å²) in [6.07, 6.45) is 4.91. The van der Waals surface area contributed by atoms with E-state index < -0.39 is 0 Å². The van der Waals surface area contributed by atoms with Gasteiger partial charge in [-0.15, -0.1) is 0 Å². The number of hydrogen-bond donors (Lipinski definition) is 1. The van der Waals surface area contributed by atoms with Crippen LogP contribution in [0.3, 0.4) is 0 Å². The molecule has 0 aromatic heterocycles. The van der Waals surface area contributed by atoms with Gasteiger partial charge in [0, 0.05) is 0 Å². The van der Waals surface area contributed by atoms with E-state index in [4.69, 9.17) is 0 Å². The molecule has 0 saturated heterocycles. The highest BCUT2D eigenvalue weighted by Gasteiger charge is 2.16. The fraction of sp³-hybridized carbons (Fsp3) is 0.684. The molecule has 1 nitrogen and oxygen atoms in total. The Kier molecular flexibility index (Phi) is 7.29. The van der Waals surface area contributed by atoms with E-state index in [1.54, 1.807) is 0 Å². The first kappa shape index (κ1) is 17.2. The minimum atomic E-state index is 0.429. The molecule has 1 aromatic rings. The van der Waals surface area contributed by atoms with Crippen LogP contribution in [0.1, 0.15) is 58.6 Å². The molecular formula is C19H33N. The molecule has 0 amide bonds. The molecule has 20 heavy (non-hydrogen) atoms. The summed E-state index contributed by atoms with van der Waals surface area (Å²) < 4.78 is 0. The average Bonchev–Trinajstić information content (AvgIpc) is 2.37. The maximum atomic E-state index is 3.43. The number of benzene rings is 1. The summed E-state index contributed by atoms with van der Waals surface area (Å²) in [5.41, 5.74) is 3.38. The molecule has 0 aliphatic heterocycles. The Morgan fingerprint density at radius 2 is 1.60 bits per heavy atom. The fourth-order valence-electron chi connectivity index (χ4n) is 2.52. The summed E-state index contributed by atoms with van der Waals surface area (Å²) in [6.45, 7) is 13.7. The van der Waals surface area contributed by atoms with Crippen molar-refractivity contribution in [3.8, 4) is 0 Å². The van der Waals surface area contributed by atoms with Crippen molar-refractivity contribution in [2.45, 2.75) is 60.3 Å². The molecule has 0 aliphatic rings. The molecule has 0 aliphatic carbocycles. The molecule has 0 spiro atoms. The van der Waals surface area contributed by atoms with Crippen LogP contribution >= 0.6 is 0 Å². The quantitative estimate of drug-likeness (QED) is 0.636. The van der Waals surface area contributed by atoms with Gasteiger partial charge in [-0.3, -0.25) is 0 Å². The largest absolute Gasteiger partial charge is 0.317 e. The van der Waals surface area contributed by atoms with E-state index in [9.17, 15) is 0 Å². The smallest absolute Gasteiger partial charge is 0.00439 e. The van der Waals surface area contributed by atoms with Gasteiger partial charge in [0.15, 0.2) is 0 Å². The summed E-state index contributed by atoms with van der Waals surface area (Å²) in [5, 5.41) is 3.43. The van der Waals surface area contributed by atoms with Gasteiger partial charge in [0.1, 0.15) is 0 Å². The highest BCUT2D eigenvalue weighted by atomic mass is 14.8. The van der Waals surface area contributed by atoms with Gasteiger partial charge in [-0.05, 0) is 61.2 Å². The molecular weight excluding hydrogens is 242 g/mol. The molecule has 0 atom stereocenters. The predicted molar refractivity (Wildman–Crippen MR) is 90.2 cm³/mol. The third kappa shape index (κ3) is 7.09. The highest BCUT2D eigenvalue weighted by Crippen LogP contribution is 2.26. The molecule has 1 N–H and O–H groups in total. The minimum absolute atomic E-state index is 0.429. The summed E-state index contributed by atoms with van der Waals surface area (Å²) in [5.74, 6) is 0.742. The van der Waals surface area contributed by atoms with Gasteiger partial charge < -0.3 is 5.32 Å². The van der Waals surface area contributed by atoms with Crippen molar-refractivity contribution in [2.24, 2.45) is 11.3 Å². The van der Waals surface area contributed by atoms with Crippen LogP contribution in [0.5, 0.6) is 0 Å². The normalized spacial score (nSPS) is 12.1. The minimum Gasteiger partial charge on any atom is -0.317 e. The Morgan fingerprint density at radius 1 is 1.00 bits per heavy atom. The first-order valence-electron chi connectivity index (χ1n) is 8.21. The lowest BCUT2D eigenvalue weighted by Gasteiger charge is -2.24. The summed E-state index contributed by atoms with van der Waals surface area (Å²) in [4.78, 5) is 0. The van der Waals surface area contributed by atoms with Crippen molar-refractivity contribution in [2.75, 3.05) is 13.1 Å². The van der Waals surface area contributed by atoms with E-state index in [1.807, 2.05) is 0 Å². The van der Waals surface area contributed by atoms with Crippen molar-refractivity contribution in [1.82, 2.24) is 5.32 Å². The van der Waals surface area contributed by atoms with Gasteiger partial charge in [-0.1, -0.05) is 58.9 Å². The van der Waals surface area contributed by atoms with Crippen molar-refractivity contribution < 1.29 is 0 Å². The summed E-state index contributed by atoms with van der Waals surface area (Å²) >= 11 is 0.